The van der Waals surface area contributed by atoms with Crippen molar-refractivity contribution in [3.63, 3.8) is 0 Å². The first kappa shape index (κ1) is 31.7. The maximum atomic E-state index is 13.8. The zero-order valence-corrected chi connectivity index (χ0v) is 29.1. The van der Waals surface area contributed by atoms with Crippen molar-refractivity contribution in [3.05, 3.63) is 0 Å². The fourth-order valence-corrected chi connectivity index (χ4v) is 12.8. The van der Waals surface area contributed by atoms with E-state index in [4.69, 9.17) is 9.47 Å². The van der Waals surface area contributed by atoms with Gasteiger partial charge in [0, 0.05) is 37.5 Å². The van der Waals surface area contributed by atoms with Gasteiger partial charge in [0.25, 0.3) is 0 Å². The quantitative estimate of drug-likeness (QED) is 0.346. The van der Waals surface area contributed by atoms with Crippen LogP contribution < -0.4 is 5.32 Å². The standard InChI is InChI=1S/C38H65N3O3/c1-25-14-19-38(43-24-25)26(2)34-33(44-38)23-32-30-13-12-27-22-28(15-17-36(27,3)31(30)16-18-37(32,34)4)39-35(42)41(21-20-40(5)6)29-10-8-7-9-11-29/h25-34H,7-24H2,1-6H3,(H,39,42)/t25-,26-,27+,28+,30+,31?,32?,33-,34-,36-,37-,38+/m0/s1. The summed E-state index contributed by atoms with van der Waals surface area (Å²) < 4.78 is 13.6. The fourth-order valence-electron chi connectivity index (χ4n) is 12.8. The molecule has 7 fully saturated rings. The van der Waals surface area contributed by atoms with Gasteiger partial charge >= 0.3 is 6.03 Å². The first-order valence-electron chi connectivity index (χ1n) is 19.1. The van der Waals surface area contributed by atoms with Gasteiger partial charge in [-0.3, -0.25) is 0 Å². The zero-order valence-electron chi connectivity index (χ0n) is 29.1. The first-order chi connectivity index (χ1) is 21.0. The molecular formula is C38H65N3O3. The lowest BCUT2D eigenvalue weighted by Crippen LogP contribution is -2.57. The van der Waals surface area contributed by atoms with Gasteiger partial charge in [-0.25, -0.2) is 4.79 Å². The van der Waals surface area contributed by atoms with E-state index in [0.717, 1.165) is 56.2 Å². The van der Waals surface area contributed by atoms with Crippen LogP contribution in [0, 0.1) is 52.3 Å². The Labute approximate surface area is 269 Å². The Kier molecular flexibility index (Phi) is 8.65. The summed E-state index contributed by atoms with van der Waals surface area (Å²) in [7, 11) is 4.24. The van der Waals surface area contributed by atoms with E-state index in [1.54, 1.807) is 0 Å². The zero-order chi connectivity index (χ0) is 30.9. The van der Waals surface area contributed by atoms with E-state index in [0.29, 0.717) is 46.8 Å². The van der Waals surface area contributed by atoms with E-state index in [2.05, 4.69) is 56.9 Å². The van der Waals surface area contributed by atoms with Crippen molar-refractivity contribution >= 4 is 6.03 Å². The van der Waals surface area contributed by atoms with E-state index in [9.17, 15) is 4.79 Å². The third-order valence-electron chi connectivity index (χ3n) is 15.3. The smallest absolute Gasteiger partial charge is 0.317 e. The average Bonchev–Trinajstić information content (AvgIpc) is 3.45. The second kappa shape index (κ2) is 12.0. The van der Waals surface area contributed by atoms with Crippen molar-refractivity contribution in [2.45, 2.75) is 148 Å². The van der Waals surface area contributed by atoms with Crippen LogP contribution in [0.5, 0.6) is 0 Å². The van der Waals surface area contributed by atoms with Crippen LogP contribution >= 0.6 is 0 Å². The third kappa shape index (κ3) is 5.27. The van der Waals surface area contributed by atoms with Gasteiger partial charge in [0.05, 0.1) is 12.7 Å². The number of hydrogen-bond donors (Lipinski definition) is 1. The van der Waals surface area contributed by atoms with Crippen molar-refractivity contribution < 1.29 is 14.3 Å². The summed E-state index contributed by atoms with van der Waals surface area (Å²) >= 11 is 0. The van der Waals surface area contributed by atoms with Gasteiger partial charge in [-0.1, -0.05) is 47.0 Å². The van der Waals surface area contributed by atoms with Crippen LogP contribution in [0.4, 0.5) is 4.79 Å². The number of hydrogen-bond acceptors (Lipinski definition) is 4. The summed E-state index contributed by atoms with van der Waals surface area (Å²) in [5.74, 6) is 4.74. The maximum Gasteiger partial charge on any atom is 0.317 e. The number of fused-ring (bicyclic) bond motifs is 7. The van der Waals surface area contributed by atoms with Crippen LogP contribution in [0.3, 0.4) is 0 Å². The van der Waals surface area contributed by atoms with Gasteiger partial charge in [-0.15, -0.1) is 0 Å². The predicted octanol–water partition coefficient (Wildman–Crippen LogP) is 7.71. The minimum Gasteiger partial charge on any atom is -0.349 e. The third-order valence-corrected chi connectivity index (χ3v) is 15.3. The molecular weight excluding hydrogens is 546 g/mol. The number of nitrogens with one attached hydrogen (secondary N) is 1. The highest BCUT2D eigenvalue weighted by Crippen LogP contribution is 2.71. The molecule has 2 unspecified atom stereocenters. The second-order valence-corrected chi connectivity index (χ2v) is 17.9. The predicted molar refractivity (Wildman–Crippen MR) is 176 cm³/mol. The highest BCUT2D eigenvalue weighted by Gasteiger charge is 2.69. The van der Waals surface area contributed by atoms with E-state index >= 15 is 0 Å². The topological polar surface area (TPSA) is 54.0 Å². The molecule has 2 amide bonds. The molecule has 2 heterocycles. The Balaban J connectivity index is 1.00. The number of carbonyl (C=O) groups is 1. The second-order valence-electron chi connectivity index (χ2n) is 17.9. The molecule has 7 rings (SSSR count). The van der Waals surface area contributed by atoms with Crippen molar-refractivity contribution in [3.8, 4) is 0 Å². The minimum absolute atomic E-state index is 0.218. The summed E-state index contributed by atoms with van der Waals surface area (Å²) in [5.41, 5.74) is 0.818. The molecule has 2 aliphatic heterocycles. The normalized spacial score (nSPS) is 48.8. The van der Waals surface area contributed by atoms with Crippen molar-refractivity contribution in [2.24, 2.45) is 52.3 Å². The number of ether oxygens (including phenoxy) is 2. The van der Waals surface area contributed by atoms with Crippen LogP contribution in [-0.2, 0) is 9.47 Å². The van der Waals surface area contributed by atoms with E-state index in [-0.39, 0.29) is 11.8 Å². The average molecular weight is 612 g/mol. The highest BCUT2D eigenvalue weighted by molar-refractivity contribution is 5.75. The number of likely N-dealkylation sites (N-methyl/N-ethyl adjacent to an activating group) is 1. The molecule has 6 nitrogen and oxygen atoms in total. The molecule has 0 aromatic heterocycles. The Morgan fingerprint density at radius 1 is 0.841 bits per heavy atom. The van der Waals surface area contributed by atoms with Crippen molar-refractivity contribution in [2.75, 3.05) is 33.8 Å². The SMILES string of the molecule is C[C@H]1CC[C@@]2(OC1)O[C@H]1CC3[C@@H]4CC[C@@H]5C[C@H](NC(=O)N(CCN(C)C)C6CCCCC6)CC[C@]5(C)C4CC[C@]3(C)[C@H]1[C@@H]2C. The first-order valence-corrected chi connectivity index (χ1v) is 19.1. The van der Waals surface area contributed by atoms with Crippen LogP contribution in [0.2, 0.25) is 0 Å². The molecule has 250 valence electrons. The molecule has 0 bridgehead atoms. The summed E-state index contributed by atoms with van der Waals surface area (Å²) in [5, 5.41) is 3.61. The van der Waals surface area contributed by atoms with E-state index in [1.165, 1.54) is 83.5 Å². The lowest BCUT2D eigenvalue weighted by atomic mass is 9.44. The number of nitrogens with zero attached hydrogens (tertiary/aromatic N) is 2. The van der Waals surface area contributed by atoms with Gasteiger partial charge in [-0.2, -0.15) is 0 Å². The van der Waals surface area contributed by atoms with Gasteiger partial charge in [-0.05, 0) is 131 Å². The number of carbonyl (C=O) groups excluding carboxylic acids is 1. The van der Waals surface area contributed by atoms with Crippen molar-refractivity contribution in [1.82, 2.24) is 15.1 Å². The molecule has 12 atom stereocenters. The Morgan fingerprint density at radius 2 is 1.61 bits per heavy atom. The minimum atomic E-state index is -0.307. The van der Waals surface area contributed by atoms with Crippen LogP contribution in [-0.4, -0.2) is 73.6 Å². The summed E-state index contributed by atoms with van der Waals surface area (Å²) in [6, 6.07) is 0.978. The van der Waals surface area contributed by atoms with Crippen LogP contribution in [0.25, 0.3) is 0 Å². The Morgan fingerprint density at radius 3 is 2.34 bits per heavy atom. The van der Waals surface area contributed by atoms with Gasteiger partial charge < -0.3 is 24.6 Å². The molecule has 44 heavy (non-hydrogen) atoms. The molecule has 5 aliphatic carbocycles. The Bertz CT molecular complexity index is 1040. The molecule has 7 aliphatic rings. The largest absolute Gasteiger partial charge is 0.349 e. The lowest BCUT2D eigenvalue weighted by molar-refractivity contribution is -0.273. The Hall–Kier alpha value is -0.850. The molecule has 0 aromatic carbocycles. The van der Waals surface area contributed by atoms with Crippen LogP contribution in [0.15, 0.2) is 0 Å². The summed E-state index contributed by atoms with van der Waals surface area (Å²) in [6.45, 7) is 12.8. The van der Waals surface area contributed by atoms with E-state index in [1.807, 2.05) is 0 Å². The van der Waals surface area contributed by atoms with Gasteiger partial charge in [0.1, 0.15) is 0 Å². The molecule has 6 heteroatoms. The number of rotatable bonds is 5. The summed E-state index contributed by atoms with van der Waals surface area (Å²) in [4.78, 5) is 18.2. The van der Waals surface area contributed by atoms with Gasteiger partial charge in [0.15, 0.2) is 5.79 Å². The maximum absolute atomic E-state index is 13.8. The number of urea groups is 1. The van der Waals surface area contributed by atoms with E-state index < -0.39 is 0 Å². The molecule has 1 N–H and O–H groups in total. The fraction of sp³-hybridized carbons (Fsp3) is 0.974. The molecule has 0 aromatic rings. The molecule has 5 saturated carbocycles. The highest BCUT2D eigenvalue weighted by atomic mass is 16.7. The van der Waals surface area contributed by atoms with Crippen LogP contribution in [0.1, 0.15) is 124 Å². The van der Waals surface area contributed by atoms with Gasteiger partial charge in [0.2, 0.25) is 0 Å². The molecule has 0 radical (unpaired) electrons. The number of amides is 2. The molecule has 2 saturated heterocycles. The molecule has 1 spiro atoms. The monoisotopic (exact) mass is 612 g/mol. The lowest BCUT2D eigenvalue weighted by Gasteiger charge is -2.61. The van der Waals surface area contributed by atoms with Crippen molar-refractivity contribution in [1.29, 1.82) is 0 Å². The summed E-state index contributed by atoms with van der Waals surface area (Å²) in [6.07, 6.45) is 19.3.